The normalized spacial score (nSPS) is 21.5. The van der Waals surface area contributed by atoms with E-state index < -0.39 is 37.5 Å². The highest BCUT2D eigenvalue weighted by molar-refractivity contribution is 7.90. The number of anilines is 1. The maximum Gasteiger partial charge on any atom is 0.316 e. The molecule has 1 saturated carbocycles. The number of nitrogens with one attached hydrogen (secondary N) is 2. The van der Waals surface area contributed by atoms with Crippen molar-refractivity contribution >= 4 is 38.3 Å². The molecule has 2 N–H and O–H groups in total. The second kappa shape index (κ2) is 18.1. The van der Waals surface area contributed by atoms with Crippen LogP contribution in [-0.4, -0.2) is 98.9 Å². The van der Waals surface area contributed by atoms with Crippen LogP contribution >= 0.6 is 0 Å². The molecule has 66 heavy (non-hydrogen) atoms. The van der Waals surface area contributed by atoms with E-state index in [2.05, 4.69) is 62.6 Å². The van der Waals surface area contributed by atoms with Gasteiger partial charge in [0.25, 0.3) is 15.9 Å². The van der Waals surface area contributed by atoms with Crippen molar-refractivity contribution in [2.75, 3.05) is 57.6 Å². The molecule has 5 aromatic rings. The molecular weight excluding hydrogens is 865 g/mol. The Labute approximate surface area is 384 Å². The highest BCUT2D eigenvalue weighted by atomic mass is 32.2. The van der Waals surface area contributed by atoms with Crippen LogP contribution in [0.25, 0.3) is 11.0 Å². The first-order valence-corrected chi connectivity index (χ1v) is 24.6. The lowest BCUT2D eigenvalue weighted by Crippen LogP contribution is -2.58. The quantitative estimate of drug-likeness (QED) is 0.0900. The second-order valence-electron chi connectivity index (χ2n) is 18.8. The van der Waals surface area contributed by atoms with E-state index >= 15 is 0 Å². The molecule has 4 aliphatic heterocycles. The lowest BCUT2D eigenvalue weighted by atomic mass is 9.59. The molecule has 1 spiro atoms. The number of ether oxygens (including phenoxy) is 5. The van der Waals surface area contributed by atoms with Crippen molar-refractivity contribution in [1.82, 2.24) is 19.6 Å². The molecule has 16 nitrogen and oxygen atoms in total. The molecule has 1 amide bonds. The number of carbonyl (C=O) groups excluding carboxylic acids is 1. The van der Waals surface area contributed by atoms with Crippen molar-refractivity contribution in [3.8, 4) is 23.0 Å². The number of H-pyrrole nitrogens is 1. The third kappa shape index (κ3) is 8.93. The Morgan fingerprint density at radius 1 is 1.00 bits per heavy atom. The molecule has 3 aromatic carbocycles. The number of benzene rings is 3. The van der Waals surface area contributed by atoms with E-state index in [9.17, 15) is 23.3 Å². The first-order valence-electron chi connectivity index (χ1n) is 23.1. The van der Waals surface area contributed by atoms with Crippen LogP contribution in [0.15, 0.2) is 84.0 Å². The molecule has 4 fully saturated rings. The van der Waals surface area contributed by atoms with Gasteiger partial charge in [-0.15, -0.1) is 0 Å². The van der Waals surface area contributed by atoms with Crippen LogP contribution < -0.4 is 23.8 Å². The van der Waals surface area contributed by atoms with Gasteiger partial charge in [0.1, 0.15) is 29.9 Å². The number of pyridine rings is 1. The maximum absolute atomic E-state index is 14.1. The molecule has 10 rings (SSSR count). The van der Waals surface area contributed by atoms with Crippen molar-refractivity contribution < 1.29 is 41.8 Å². The summed E-state index contributed by atoms with van der Waals surface area (Å²) >= 11 is 0. The molecule has 1 aliphatic carbocycles. The number of amides is 1. The van der Waals surface area contributed by atoms with Crippen molar-refractivity contribution in [3.63, 3.8) is 0 Å². The molecule has 0 radical (unpaired) electrons. The Morgan fingerprint density at radius 2 is 1.80 bits per heavy atom. The van der Waals surface area contributed by atoms with Gasteiger partial charge in [-0.2, -0.15) is 0 Å². The number of aromatic nitrogens is 2. The maximum atomic E-state index is 14.1. The lowest BCUT2D eigenvalue weighted by molar-refractivity contribution is -0.386. The minimum Gasteiger partial charge on any atom is -0.486 e. The molecule has 5 aliphatic rings. The van der Waals surface area contributed by atoms with Crippen LogP contribution in [0.5, 0.6) is 23.0 Å². The molecule has 6 heterocycles. The van der Waals surface area contributed by atoms with Gasteiger partial charge in [-0.25, -0.2) is 18.1 Å². The van der Waals surface area contributed by atoms with Gasteiger partial charge in [0, 0.05) is 74.4 Å². The smallest absolute Gasteiger partial charge is 0.316 e. The van der Waals surface area contributed by atoms with Gasteiger partial charge in [-0.3, -0.25) is 19.8 Å². The number of hydrogen-bond acceptors (Lipinski definition) is 13. The summed E-state index contributed by atoms with van der Waals surface area (Å²) in [5.41, 5.74) is 3.89. The zero-order valence-corrected chi connectivity index (χ0v) is 38.1. The summed E-state index contributed by atoms with van der Waals surface area (Å²) < 4.78 is 59.8. The SMILES string of the molecule is CC(C)c1ccccc1[C@@H]1COCCN1C1CC2(CCN(c3ccc(C(=O)NS(=O)(=O)c4cc5c(c([N+](=O)[O-])c4)O[C@H](CC4CCOCC4)CO5)c(Oc4cnc5[nH]ccc5c4)c3)CC2)C1. The van der Waals surface area contributed by atoms with Crippen LogP contribution in [0.1, 0.15) is 92.2 Å². The Bertz CT molecular complexity index is 2720. The number of piperidine rings is 1. The molecular formula is C49H56N6O10S. The summed E-state index contributed by atoms with van der Waals surface area (Å²) in [6.07, 6.45) is 9.49. The van der Waals surface area contributed by atoms with Crippen molar-refractivity contribution in [1.29, 1.82) is 0 Å². The molecule has 3 saturated heterocycles. The number of carbonyl (C=O) groups is 1. The van der Waals surface area contributed by atoms with E-state index in [1.165, 1.54) is 17.3 Å². The predicted molar refractivity (Wildman–Crippen MR) is 246 cm³/mol. The minimum atomic E-state index is -4.67. The minimum absolute atomic E-state index is 0.0473. The lowest BCUT2D eigenvalue weighted by Gasteiger charge is -2.57. The van der Waals surface area contributed by atoms with E-state index in [1.54, 1.807) is 30.5 Å². The average molecular weight is 921 g/mol. The highest BCUT2D eigenvalue weighted by Crippen LogP contribution is 2.53. The number of rotatable bonds is 12. The second-order valence-corrected chi connectivity index (χ2v) is 20.5. The number of fused-ring (bicyclic) bond motifs is 2. The Morgan fingerprint density at radius 3 is 2.59 bits per heavy atom. The number of nitrogens with zero attached hydrogens (tertiary/aromatic N) is 4. The summed E-state index contributed by atoms with van der Waals surface area (Å²) in [7, 11) is -4.67. The average Bonchev–Trinajstić information content (AvgIpc) is 3.79. The van der Waals surface area contributed by atoms with Gasteiger partial charge in [-0.1, -0.05) is 38.1 Å². The van der Waals surface area contributed by atoms with Crippen LogP contribution in [0.2, 0.25) is 0 Å². The zero-order valence-electron chi connectivity index (χ0n) is 37.3. The molecule has 0 unspecified atom stereocenters. The van der Waals surface area contributed by atoms with Gasteiger partial charge < -0.3 is 33.6 Å². The highest BCUT2D eigenvalue weighted by Gasteiger charge is 2.50. The number of sulfonamides is 1. The van der Waals surface area contributed by atoms with E-state index in [4.69, 9.17) is 23.7 Å². The summed E-state index contributed by atoms with van der Waals surface area (Å²) in [5, 5.41) is 13.1. The number of morpholine rings is 1. The Balaban J connectivity index is 0.854. The number of hydrogen-bond donors (Lipinski definition) is 2. The van der Waals surface area contributed by atoms with Gasteiger partial charge in [0.2, 0.25) is 5.75 Å². The summed E-state index contributed by atoms with van der Waals surface area (Å²) in [6.45, 7) is 9.89. The number of nitro benzene ring substituents is 1. The van der Waals surface area contributed by atoms with Gasteiger partial charge >= 0.3 is 5.69 Å². The first-order chi connectivity index (χ1) is 31.9. The monoisotopic (exact) mass is 920 g/mol. The summed E-state index contributed by atoms with van der Waals surface area (Å²) in [5.74, 6) is 0.0371. The van der Waals surface area contributed by atoms with Gasteiger partial charge in [-0.05, 0) is 97.6 Å². The fraction of sp³-hybridized carbons (Fsp3) is 0.469. The third-order valence-corrected chi connectivity index (χ3v) is 15.7. The Kier molecular flexibility index (Phi) is 12.1. The molecule has 17 heteroatoms. The fourth-order valence-corrected chi connectivity index (χ4v) is 11.7. The fourth-order valence-electron chi connectivity index (χ4n) is 10.7. The zero-order chi connectivity index (χ0) is 45.6. The van der Waals surface area contributed by atoms with Gasteiger partial charge in [0.15, 0.2) is 5.75 Å². The van der Waals surface area contributed by atoms with Crippen molar-refractivity contribution in [2.45, 2.75) is 87.8 Å². The number of aromatic amines is 1. The molecule has 2 atom stereocenters. The number of nitro groups is 1. The van der Waals surface area contributed by atoms with Gasteiger partial charge in [0.05, 0.1) is 40.8 Å². The Hall–Kier alpha value is -5.75. The van der Waals surface area contributed by atoms with E-state index in [-0.39, 0.29) is 40.9 Å². The summed E-state index contributed by atoms with van der Waals surface area (Å²) in [6, 6.07) is 20.3. The predicted octanol–water partition coefficient (Wildman–Crippen LogP) is 8.28. The van der Waals surface area contributed by atoms with Crippen LogP contribution in [0.4, 0.5) is 11.4 Å². The van der Waals surface area contributed by atoms with E-state index in [1.807, 2.05) is 6.07 Å². The molecule has 348 valence electrons. The first kappa shape index (κ1) is 44.1. The van der Waals surface area contributed by atoms with Crippen molar-refractivity contribution in [2.24, 2.45) is 11.3 Å². The summed E-state index contributed by atoms with van der Waals surface area (Å²) in [4.78, 5) is 37.6. The van der Waals surface area contributed by atoms with Crippen LogP contribution in [0.3, 0.4) is 0 Å². The largest absolute Gasteiger partial charge is 0.486 e. The van der Waals surface area contributed by atoms with Crippen molar-refractivity contribution in [3.05, 3.63) is 106 Å². The van der Waals surface area contributed by atoms with Crippen LogP contribution in [-0.2, 0) is 19.5 Å². The molecule has 0 bridgehead atoms. The van der Waals surface area contributed by atoms with E-state index in [0.29, 0.717) is 55.5 Å². The third-order valence-electron chi connectivity index (χ3n) is 14.3. The van der Waals surface area contributed by atoms with Crippen LogP contribution in [0, 0.1) is 21.4 Å². The standard InChI is InChI=1S/C49H56N6O10S/c1-31(2)39-5-3-4-6-40(39)43-30-62-20-17-54(43)35-26-49(27-35)12-15-53(16-13-49)34-7-8-41(44(23-34)64-36-22-33-9-14-50-47(33)51-28-36)48(56)52-66(59,60)38-24-42(55(57)58)46-45(25-38)63-29-37(65-46)21-32-10-18-61-19-11-32/h3-9,14,22-25,28,31-32,35,37,43H,10-13,15-21,26-27,29-30H2,1-2H3,(H,50,51)(H,52,56)/t37-,43+/m1/s1. The molecule has 2 aromatic heterocycles. The topological polar surface area (TPSA) is 188 Å². The van der Waals surface area contributed by atoms with E-state index in [0.717, 1.165) is 88.0 Å².